The second-order valence-corrected chi connectivity index (χ2v) is 11.0. The number of rotatable bonds is 2. The molecular weight excluding hydrogens is 452 g/mol. The first-order chi connectivity index (χ1) is 17.0. The first kappa shape index (κ1) is 22.7. The van der Waals surface area contributed by atoms with Gasteiger partial charge in [-0.05, 0) is 49.4 Å². The van der Waals surface area contributed by atoms with Gasteiger partial charge in [0.25, 0.3) is 5.56 Å². The van der Waals surface area contributed by atoms with Crippen LogP contribution in [0.1, 0.15) is 64.5 Å². The van der Waals surface area contributed by atoms with Crippen LogP contribution in [0.5, 0.6) is 0 Å². The lowest BCUT2D eigenvalue weighted by molar-refractivity contribution is -0.146. The monoisotopic (exact) mass is 482 g/mol. The minimum absolute atomic E-state index is 0.137. The number of amides is 2. The van der Waals surface area contributed by atoms with Gasteiger partial charge in [-0.25, -0.2) is 4.98 Å². The highest BCUT2D eigenvalue weighted by atomic mass is 16.2. The summed E-state index contributed by atoms with van der Waals surface area (Å²) < 4.78 is 1.56. The largest absolute Gasteiger partial charge is 0.306 e. The molecule has 2 aromatic carbocycles. The van der Waals surface area contributed by atoms with Crippen molar-refractivity contribution in [3.63, 3.8) is 0 Å². The smallest absolute Gasteiger partial charge is 0.262 e. The van der Waals surface area contributed by atoms with Gasteiger partial charge < -0.3 is 4.90 Å². The van der Waals surface area contributed by atoms with E-state index < -0.39 is 28.6 Å². The topological polar surface area (TPSA) is 75.5 Å². The molecule has 0 spiro atoms. The molecule has 3 aliphatic rings. The van der Waals surface area contributed by atoms with E-state index in [9.17, 15) is 14.4 Å². The molecule has 1 saturated heterocycles. The molecule has 6 rings (SSSR count). The average Bonchev–Trinajstić information content (AvgIpc) is 3.26. The molecule has 0 saturated carbocycles. The van der Waals surface area contributed by atoms with Gasteiger partial charge in [0.2, 0.25) is 11.8 Å². The second-order valence-electron chi connectivity index (χ2n) is 11.0. The Morgan fingerprint density at radius 1 is 1.14 bits per heavy atom. The molecule has 1 fully saturated rings. The van der Waals surface area contributed by atoms with Crippen LogP contribution in [0.4, 0.5) is 5.69 Å². The Balaban J connectivity index is 1.73. The molecule has 0 radical (unpaired) electrons. The molecule has 7 nitrogen and oxygen atoms in total. The zero-order valence-electron chi connectivity index (χ0n) is 21.3. The third-order valence-corrected chi connectivity index (χ3v) is 9.17. The number of benzene rings is 2. The predicted octanol–water partition coefficient (Wildman–Crippen LogP) is 4.48. The number of allylic oxidation sites excluding steroid dienone is 1. The first-order valence-corrected chi connectivity index (χ1v) is 12.4. The molecule has 0 unspecified atom stereocenters. The van der Waals surface area contributed by atoms with Crippen molar-refractivity contribution in [1.82, 2.24) is 14.5 Å². The third-order valence-electron chi connectivity index (χ3n) is 9.17. The minimum Gasteiger partial charge on any atom is -0.306 e. The fourth-order valence-corrected chi connectivity index (χ4v) is 7.54. The molecule has 4 heterocycles. The molecule has 0 bridgehead atoms. The van der Waals surface area contributed by atoms with Crippen molar-refractivity contribution < 1.29 is 9.59 Å². The molecule has 2 amide bonds. The second kappa shape index (κ2) is 6.93. The molecule has 184 valence electrons. The van der Waals surface area contributed by atoms with Crippen LogP contribution < -0.4 is 10.5 Å². The number of anilines is 1. The lowest BCUT2D eigenvalue weighted by atomic mass is 9.56. The summed E-state index contributed by atoms with van der Waals surface area (Å²) in [4.78, 5) is 49.8. The van der Waals surface area contributed by atoms with Gasteiger partial charge in [0.15, 0.2) is 0 Å². The van der Waals surface area contributed by atoms with Gasteiger partial charge >= 0.3 is 0 Å². The highest BCUT2D eigenvalue weighted by molar-refractivity contribution is 5.99. The summed E-state index contributed by atoms with van der Waals surface area (Å²) in [6, 6.07) is 14.0. The molecule has 7 heteroatoms. The highest BCUT2D eigenvalue weighted by Gasteiger charge is 2.75. The maximum Gasteiger partial charge on any atom is 0.262 e. The Morgan fingerprint density at radius 2 is 1.81 bits per heavy atom. The summed E-state index contributed by atoms with van der Waals surface area (Å²) in [6.45, 7) is 13.7. The van der Waals surface area contributed by atoms with Gasteiger partial charge in [0.05, 0.1) is 28.0 Å². The SMILES string of the molecule is C=CC(C)(C)[C@@]12C[C@H]3c4nc5ccccc5c(=O)n4[C@H](C)C(=O)N3[C@]1(C)N(C(C)=O)c1ccccc12. The molecule has 3 aromatic rings. The lowest BCUT2D eigenvalue weighted by Crippen LogP contribution is -2.68. The highest BCUT2D eigenvalue weighted by Crippen LogP contribution is 2.70. The third kappa shape index (κ3) is 2.29. The van der Waals surface area contributed by atoms with E-state index in [1.54, 1.807) is 29.4 Å². The summed E-state index contributed by atoms with van der Waals surface area (Å²) in [7, 11) is 0. The summed E-state index contributed by atoms with van der Waals surface area (Å²) in [5, 5.41) is 0.496. The van der Waals surface area contributed by atoms with E-state index in [1.807, 2.05) is 54.3 Å². The predicted molar refractivity (Wildman–Crippen MR) is 139 cm³/mol. The van der Waals surface area contributed by atoms with Crippen molar-refractivity contribution >= 4 is 28.4 Å². The van der Waals surface area contributed by atoms with Crippen molar-refractivity contribution in [2.75, 3.05) is 4.90 Å². The average molecular weight is 483 g/mol. The van der Waals surface area contributed by atoms with E-state index in [1.165, 1.54) is 0 Å². The van der Waals surface area contributed by atoms with Crippen molar-refractivity contribution in [1.29, 1.82) is 0 Å². The van der Waals surface area contributed by atoms with Gasteiger partial charge in [0, 0.05) is 6.92 Å². The quantitative estimate of drug-likeness (QED) is 0.505. The zero-order chi connectivity index (χ0) is 25.8. The van der Waals surface area contributed by atoms with Gasteiger partial charge in [-0.3, -0.25) is 23.9 Å². The summed E-state index contributed by atoms with van der Waals surface area (Å²) in [5.41, 5.74) is 0.0172. The standard InChI is InChI=1S/C29H30N4O3/c1-7-27(4,5)29-16-23-24-30-21-14-10-8-12-19(21)26(36)31(24)17(2)25(35)33(23)28(29,6)32(18(3)34)22-15-11-9-13-20(22)29/h7-15,17,23H,1,16H2,2-6H3/t17-,23+,28+,29+/m1/s1. The van der Waals surface area contributed by atoms with E-state index in [0.717, 1.165) is 11.3 Å². The van der Waals surface area contributed by atoms with E-state index in [-0.39, 0.29) is 17.4 Å². The maximum absolute atomic E-state index is 14.3. The van der Waals surface area contributed by atoms with Gasteiger partial charge in [-0.15, -0.1) is 6.58 Å². The molecule has 3 aliphatic heterocycles. The summed E-state index contributed by atoms with van der Waals surface area (Å²) in [6.07, 6.45) is 2.44. The number of para-hydroxylation sites is 2. The number of hydrogen-bond acceptors (Lipinski definition) is 4. The Kier molecular flexibility index (Phi) is 4.37. The van der Waals surface area contributed by atoms with Crippen LogP contribution in [-0.2, 0) is 15.0 Å². The Hall–Kier alpha value is -3.74. The number of carbonyl (C=O) groups is 2. The first-order valence-electron chi connectivity index (χ1n) is 12.4. The number of carbonyl (C=O) groups excluding carboxylic acids is 2. The number of hydrogen-bond donors (Lipinski definition) is 0. The van der Waals surface area contributed by atoms with E-state index >= 15 is 0 Å². The van der Waals surface area contributed by atoms with E-state index in [4.69, 9.17) is 4.98 Å². The van der Waals surface area contributed by atoms with Crippen LogP contribution in [-0.4, -0.2) is 31.9 Å². The zero-order valence-corrected chi connectivity index (χ0v) is 21.3. The number of fused-ring (bicyclic) bond motifs is 8. The molecule has 1 aromatic heterocycles. The fourth-order valence-electron chi connectivity index (χ4n) is 7.54. The lowest BCUT2D eigenvalue weighted by Gasteiger charge is -2.53. The fraction of sp³-hybridized carbons (Fsp3) is 0.379. The van der Waals surface area contributed by atoms with Gasteiger partial charge in [-0.2, -0.15) is 0 Å². The minimum atomic E-state index is -1.02. The number of aromatic nitrogens is 2. The molecule has 0 N–H and O–H groups in total. The molecule has 0 aliphatic carbocycles. The Morgan fingerprint density at radius 3 is 2.50 bits per heavy atom. The van der Waals surface area contributed by atoms with Crippen LogP contribution >= 0.6 is 0 Å². The Bertz CT molecular complexity index is 1560. The van der Waals surface area contributed by atoms with Crippen molar-refractivity contribution in [3.05, 3.63) is 82.9 Å². The van der Waals surface area contributed by atoms with E-state index in [2.05, 4.69) is 26.5 Å². The van der Waals surface area contributed by atoms with Crippen molar-refractivity contribution in [2.45, 2.75) is 64.2 Å². The van der Waals surface area contributed by atoms with Crippen molar-refractivity contribution in [2.24, 2.45) is 5.41 Å². The van der Waals surface area contributed by atoms with Crippen LogP contribution in [0.15, 0.2) is 66.0 Å². The molecule has 4 atom stereocenters. The van der Waals surface area contributed by atoms with Gasteiger partial charge in [-0.1, -0.05) is 50.3 Å². The van der Waals surface area contributed by atoms with Crippen LogP contribution in [0, 0.1) is 5.41 Å². The van der Waals surface area contributed by atoms with E-state index in [0.29, 0.717) is 23.1 Å². The van der Waals surface area contributed by atoms with Crippen LogP contribution in [0.3, 0.4) is 0 Å². The summed E-state index contributed by atoms with van der Waals surface area (Å²) >= 11 is 0. The van der Waals surface area contributed by atoms with Crippen LogP contribution in [0.2, 0.25) is 0 Å². The summed E-state index contributed by atoms with van der Waals surface area (Å²) in [5.74, 6) is 0.249. The van der Waals surface area contributed by atoms with Gasteiger partial charge in [0.1, 0.15) is 17.5 Å². The van der Waals surface area contributed by atoms with Crippen molar-refractivity contribution in [3.8, 4) is 0 Å². The molecule has 36 heavy (non-hydrogen) atoms. The molecular formula is C29H30N4O3. The maximum atomic E-state index is 14.3. The Labute approximate surface area is 210 Å². The number of nitrogens with zero attached hydrogens (tertiary/aromatic N) is 4. The normalized spacial score (nSPS) is 28.5. The van der Waals surface area contributed by atoms with Crippen LogP contribution in [0.25, 0.3) is 10.9 Å².